The zero-order chi connectivity index (χ0) is 15.7. The molecule has 2 atom stereocenters. The summed E-state index contributed by atoms with van der Waals surface area (Å²) in [5, 5.41) is 0. The van der Waals surface area contributed by atoms with Crippen LogP contribution in [0.4, 0.5) is 0 Å². The van der Waals surface area contributed by atoms with E-state index in [1.807, 2.05) is 0 Å². The summed E-state index contributed by atoms with van der Waals surface area (Å²) in [5.74, 6) is 2.14. The second kappa shape index (κ2) is 9.64. The van der Waals surface area contributed by atoms with Gasteiger partial charge in [-0.1, -0.05) is 72.1 Å². The van der Waals surface area contributed by atoms with Crippen molar-refractivity contribution in [3.05, 3.63) is 0 Å². The first kappa shape index (κ1) is 18.7. The van der Waals surface area contributed by atoms with E-state index < -0.39 is 0 Å². The molecule has 0 spiro atoms. The molecule has 0 aliphatic heterocycles. The van der Waals surface area contributed by atoms with E-state index in [0.717, 1.165) is 18.3 Å². The van der Waals surface area contributed by atoms with Gasteiger partial charge in [-0.15, -0.1) is 0 Å². The predicted molar refractivity (Wildman–Crippen MR) is 92.5 cm³/mol. The molecule has 0 saturated heterocycles. The Morgan fingerprint density at radius 3 is 2.33 bits per heavy atom. The Morgan fingerprint density at radius 2 is 1.81 bits per heavy atom. The van der Waals surface area contributed by atoms with Crippen LogP contribution in [0.5, 0.6) is 0 Å². The first-order chi connectivity index (χ1) is 9.99. The maximum atomic E-state index is 11.7. The SMILES string of the molecule is CCCC(CC)CCC(C)(CC(C)=O)CC1CCCCC1. The molecule has 0 bridgehead atoms. The fourth-order valence-corrected chi connectivity index (χ4v) is 4.47. The fourth-order valence-electron chi connectivity index (χ4n) is 4.47. The number of ketones is 1. The quantitative estimate of drug-likeness (QED) is 0.446. The normalized spacial score (nSPS) is 21.0. The Balaban J connectivity index is 2.56. The molecule has 0 aromatic carbocycles. The Bertz CT molecular complexity index is 290. The number of carbonyl (C=O) groups excluding carboxylic acids is 1. The molecule has 1 aliphatic rings. The van der Waals surface area contributed by atoms with E-state index in [-0.39, 0.29) is 5.41 Å². The maximum Gasteiger partial charge on any atom is 0.130 e. The average Bonchev–Trinajstić information content (AvgIpc) is 2.43. The van der Waals surface area contributed by atoms with Gasteiger partial charge in [-0.25, -0.2) is 0 Å². The molecule has 0 N–H and O–H groups in total. The van der Waals surface area contributed by atoms with Crippen LogP contribution in [0, 0.1) is 17.3 Å². The summed E-state index contributed by atoms with van der Waals surface area (Å²) < 4.78 is 0. The highest BCUT2D eigenvalue weighted by molar-refractivity contribution is 5.76. The van der Waals surface area contributed by atoms with Crippen molar-refractivity contribution >= 4 is 5.78 Å². The summed E-state index contributed by atoms with van der Waals surface area (Å²) in [4.78, 5) is 11.7. The average molecular weight is 295 g/mol. The monoisotopic (exact) mass is 294 g/mol. The molecule has 0 radical (unpaired) electrons. The molecule has 1 fully saturated rings. The van der Waals surface area contributed by atoms with Crippen LogP contribution in [-0.2, 0) is 4.79 Å². The van der Waals surface area contributed by atoms with Crippen LogP contribution in [0.15, 0.2) is 0 Å². The third-order valence-electron chi connectivity index (χ3n) is 5.61. The van der Waals surface area contributed by atoms with Gasteiger partial charge in [0.15, 0.2) is 0 Å². The molecule has 0 amide bonds. The van der Waals surface area contributed by atoms with Gasteiger partial charge in [-0.2, -0.15) is 0 Å². The van der Waals surface area contributed by atoms with E-state index in [1.54, 1.807) is 6.92 Å². The van der Waals surface area contributed by atoms with Crippen molar-refractivity contribution in [2.45, 2.75) is 105 Å². The Kier molecular flexibility index (Phi) is 8.59. The summed E-state index contributed by atoms with van der Waals surface area (Å²) in [7, 11) is 0. The van der Waals surface area contributed by atoms with Crippen LogP contribution < -0.4 is 0 Å². The molecule has 21 heavy (non-hydrogen) atoms. The van der Waals surface area contributed by atoms with E-state index >= 15 is 0 Å². The summed E-state index contributed by atoms with van der Waals surface area (Å²) in [6, 6.07) is 0. The van der Waals surface area contributed by atoms with Gasteiger partial charge < -0.3 is 4.79 Å². The highest BCUT2D eigenvalue weighted by Gasteiger charge is 2.30. The minimum atomic E-state index is 0.259. The minimum absolute atomic E-state index is 0.259. The van der Waals surface area contributed by atoms with Crippen molar-refractivity contribution in [1.29, 1.82) is 0 Å². The maximum absolute atomic E-state index is 11.7. The number of hydrogen-bond donors (Lipinski definition) is 0. The van der Waals surface area contributed by atoms with Crippen LogP contribution in [0.25, 0.3) is 0 Å². The second-order valence-corrected chi connectivity index (χ2v) is 8.00. The smallest absolute Gasteiger partial charge is 0.130 e. The lowest BCUT2D eigenvalue weighted by Gasteiger charge is -2.35. The largest absolute Gasteiger partial charge is 0.300 e. The first-order valence-electron chi connectivity index (χ1n) is 9.48. The van der Waals surface area contributed by atoms with Crippen molar-refractivity contribution < 1.29 is 4.79 Å². The Morgan fingerprint density at radius 1 is 1.14 bits per heavy atom. The van der Waals surface area contributed by atoms with E-state index in [2.05, 4.69) is 20.8 Å². The van der Waals surface area contributed by atoms with Crippen LogP contribution in [0.1, 0.15) is 105 Å². The Labute approximate surface area is 133 Å². The molecule has 1 saturated carbocycles. The van der Waals surface area contributed by atoms with Crippen molar-refractivity contribution in [1.82, 2.24) is 0 Å². The number of Topliss-reactive ketones (excluding diaryl/α,β-unsaturated/α-hetero) is 1. The lowest BCUT2D eigenvalue weighted by Crippen LogP contribution is -2.25. The molecule has 0 heterocycles. The fraction of sp³-hybridized carbons (Fsp3) is 0.950. The third-order valence-corrected chi connectivity index (χ3v) is 5.61. The van der Waals surface area contributed by atoms with Gasteiger partial charge in [0, 0.05) is 6.42 Å². The molecule has 2 unspecified atom stereocenters. The summed E-state index contributed by atoms with van der Waals surface area (Å²) in [5.41, 5.74) is 0.259. The molecule has 1 heteroatoms. The van der Waals surface area contributed by atoms with E-state index in [4.69, 9.17) is 0 Å². The van der Waals surface area contributed by atoms with Gasteiger partial charge in [0.2, 0.25) is 0 Å². The van der Waals surface area contributed by atoms with Crippen LogP contribution in [0.2, 0.25) is 0 Å². The molecular formula is C20H38O. The summed E-state index contributed by atoms with van der Waals surface area (Å²) in [6.07, 6.45) is 15.7. The van der Waals surface area contributed by atoms with Crippen molar-refractivity contribution in [3.63, 3.8) is 0 Å². The lowest BCUT2D eigenvalue weighted by molar-refractivity contribution is -0.119. The van der Waals surface area contributed by atoms with Crippen molar-refractivity contribution in [2.24, 2.45) is 17.3 Å². The van der Waals surface area contributed by atoms with Crippen molar-refractivity contribution in [3.8, 4) is 0 Å². The third kappa shape index (κ3) is 7.47. The number of rotatable bonds is 10. The second-order valence-electron chi connectivity index (χ2n) is 8.00. The number of carbonyl (C=O) groups is 1. The topological polar surface area (TPSA) is 17.1 Å². The summed E-state index contributed by atoms with van der Waals surface area (Å²) in [6.45, 7) is 8.79. The predicted octanol–water partition coefficient (Wildman–Crippen LogP) is 6.55. The van der Waals surface area contributed by atoms with Gasteiger partial charge in [-0.3, -0.25) is 0 Å². The van der Waals surface area contributed by atoms with E-state index in [1.165, 1.54) is 70.6 Å². The van der Waals surface area contributed by atoms with Crippen LogP contribution in [-0.4, -0.2) is 5.78 Å². The molecule has 1 rings (SSSR count). The van der Waals surface area contributed by atoms with Crippen LogP contribution >= 0.6 is 0 Å². The standard InChI is InChI=1S/C20H38O/c1-5-10-18(6-2)13-14-20(4,15-17(3)21)16-19-11-8-7-9-12-19/h18-19H,5-16H2,1-4H3. The molecule has 1 nitrogen and oxygen atoms in total. The van der Waals surface area contributed by atoms with Crippen LogP contribution in [0.3, 0.4) is 0 Å². The van der Waals surface area contributed by atoms with E-state index in [9.17, 15) is 4.79 Å². The zero-order valence-electron chi connectivity index (χ0n) is 15.0. The molecule has 1 aliphatic carbocycles. The first-order valence-corrected chi connectivity index (χ1v) is 9.48. The van der Waals surface area contributed by atoms with Gasteiger partial charge in [-0.05, 0) is 43.4 Å². The van der Waals surface area contributed by atoms with Gasteiger partial charge in [0.1, 0.15) is 5.78 Å². The van der Waals surface area contributed by atoms with Gasteiger partial charge in [0.25, 0.3) is 0 Å². The molecular weight excluding hydrogens is 256 g/mol. The minimum Gasteiger partial charge on any atom is -0.300 e. The summed E-state index contributed by atoms with van der Waals surface area (Å²) >= 11 is 0. The van der Waals surface area contributed by atoms with Gasteiger partial charge in [0.05, 0.1) is 0 Å². The lowest BCUT2D eigenvalue weighted by atomic mass is 9.69. The molecule has 0 aromatic rings. The highest BCUT2D eigenvalue weighted by atomic mass is 16.1. The Hall–Kier alpha value is -0.330. The number of hydrogen-bond acceptors (Lipinski definition) is 1. The highest BCUT2D eigenvalue weighted by Crippen LogP contribution is 2.41. The zero-order valence-corrected chi connectivity index (χ0v) is 15.0. The van der Waals surface area contributed by atoms with Gasteiger partial charge >= 0.3 is 0 Å². The van der Waals surface area contributed by atoms with E-state index in [0.29, 0.717) is 5.78 Å². The van der Waals surface area contributed by atoms with Crippen molar-refractivity contribution in [2.75, 3.05) is 0 Å². The molecule has 0 aromatic heterocycles. The molecule has 124 valence electrons.